The lowest BCUT2D eigenvalue weighted by molar-refractivity contribution is -0.127. The van der Waals surface area contributed by atoms with Crippen LogP contribution in [0.15, 0.2) is 30.5 Å². The molecule has 4 nitrogen and oxygen atoms in total. The maximum absolute atomic E-state index is 12.2. The first-order valence-corrected chi connectivity index (χ1v) is 6.66. The van der Waals surface area contributed by atoms with Crippen molar-refractivity contribution in [2.75, 3.05) is 13.1 Å². The van der Waals surface area contributed by atoms with Gasteiger partial charge >= 0.3 is 0 Å². The summed E-state index contributed by atoms with van der Waals surface area (Å²) >= 11 is 0. The first kappa shape index (κ1) is 12.0. The van der Waals surface area contributed by atoms with Crippen LogP contribution in [0.1, 0.15) is 29.6 Å². The Morgan fingerprint density at radius 1 is 1.05 bits per heavy atom. The molecule has 0 saturated carbocycles. The van der Waals surface area contributed by atoms with E-state index in [1.807, 2.05) is 18.3 Å². The van der Waals surface area contributed by atoms with Crippen molar-refractivity contribution in [2.24, 2.45) is 0 Å². The van der Waals surface area contributed by atoms with E-state index in [0.717, 1.165) is 30.2 Å². The quantitative estimate of drug-likeness (QED) is 0.662. The number of rotatable bonds is 2. The fourth-order valence-corrected chi connectivity index (χ4v) is 2.56. The van der Waals surface area contributed by atoms with Crippen LogP contribution in [0.5, 0.6) is 0 Å². The average molecular weight is 256 g/mol. The van der Waals surface area contributed by atoms with Crippen LogP contribution in [0.4, 0.5) is 0 Å². The van der Waals surface area contributed by atoms with Gasteiger partial charge in [-0.15, -0.1) is 0 Å². The van der Waals surface area contributed by atoms with E-state index >= 15 is 0 Å². The van der Waals surface area contributed by atoms with Gasteiger partial charge in [-0.25, -0.2) is 0 Å². The van der Waals surface area contributed by atoms with E-state index in [4.69, 9.17) is 0 Å². The minimum atomic E-state index is -0.398. The molecular weight excluding hydrogens is 240 g/mol. The number of benzene rings is 1. The number of amides is 1. The monoisotopic (exact) mass is 256 g/mol. The number of hydrogen-bond acceptors (Lipinski definition) is 2. The number of aromatic nitrogens is 1. The van der Waals surface area contributed by atoms with Crippen molar-refractivity contribution in [2.45, 2.75) is 19.3 Å². The molecule has 3 rings (SSSR count). The third-order valence-corrected chi connectivity index (χ3v) is 3.65. The summed E-state index contributed by atoms with van der Waals surface area (Å²) in [6.07, 6.45) is 4.96. The fourth-order valence-electron chi connectivity index (χ4n) is 2.56. The number of carbonyl (C=O) groups is 2. The first-order chi connectivity index (χ1) is 9.25. The summed E-state index contributed by atoms with van der Waals surface area (Å²) in [7, 11) is 0. The van der Waals surface area contributed by atoms with Crippen LogP contribution in [-0.4, -0.2) is 34.7 Å². The molecule has 1 aromatic heterocycles. The zero-order valence-electron chi connectivity index (χ0n) is 10.7. The number of carbonyl (C=O) groups excluding carboxylic acids is 2. The molecule has 1 fully saturated rings. The van der Waals surface area contributed by atoms with Crippen LogP contribution in [0.2, 0.25) is 0 Å². The summed E-state index contributed by atoms with van der Waals surface area (Å²) in [6, 6.07) is 7.22. The highest BCUT2D eigenvalue weighted by molar-refractivity contribution is 6.43. The van der Waals surface area contributed by atoms with E-state index in [-0.39, 0.29) is 5.91 Å². The summed E-state index contributed by atoms with van der Waals surface area (Å²) < 4.78 is 0. The van der Waals surface area contributed by atoms with Gasteiger partial charge in [0, 0.05) is 35.8 Å². The van der Waals surface area contributed by atoms with Crippen molar-refractivity contribution in [3.8, 4) is 0 Å². The fraction of sp³-hybridized carbons (Fsp3) is 0.333. The van der Waals surface area contributed by atoms with Crippen LogP contribution >= 0.6 is 0 Å². The lowest BCUT2D eigenvalue weighted by Crippen LogP contribution is -2.40. The standard InChI is InChI=1S/C15H16N2O2/c18-14(15(19)17-8-2-1-3-9-17)12-4-5-13-11(10-12)6-7-16-13/h4-7,10,16H,1-3,8-9H2. The van der Waals surface area contributed by atoms with Gasteiger partial charge in [0.15, 0.2) is 0 Å². The van der Waals surface area contributed by atoms with Gasteiger partial charge in [-0.05, 0) is 43.5 Å². The van der Waals surface area contributed by atoms with Gasteiger partial charge in [-0.1, -0.05) is 0 Å². The Balaban J connectivity index is 1.83. The number of aromatic amines is 1. The molecule has 0 aliphatic carbocycles. The van der Waals surface area contributed by atoms with Gasteiger partial charge < -0.3 is 9.88 Å². The van der Waals surface area contributed by atoms with E-state index in [2.05, 4.69) is 4.98 Å². The minimum Gasteiger partial charge on any atom is -0.361 e. The highest BCUT2D eigenvalue weighted by Gasteiger charge is 2.24. The minimum absolute atomic E-state index is 0.366. The molecule has 0 bridgehead atoms. The van der Waals surface area contributed by atoms with Crippen molar-refractivity contribution >= 4 is 22.6 Å². The molecule has 1 N–H and O–H groups in total. The Morgan fingerprint density at radius 2 is 1.84 bits per heavy atom. The lowest BCUT2D eigenvalue weighted by Gasteiger charge is -2.25. The van der Waals surface area contributed by atoms with Crippen molar-refractivity contribution in [1.82, 2.24) is 9.88 Å². The van der Waals surface area contributed by atoms with E-state index in [1.54, 1.807) is 17.0 Å². The van der Waals surface area contributed by atoms with Gasteiger partial charge in [0.1, 0.15) is 0 Å². The second-order valence-electron chi connectivity index (χ2n) is 4.96. The molecule has 4 heteroatoms. The maximum atomic E-state index is 12.2. The summed E-state index contributed by atoms with van der Waals surface area (Å²) in [5, 5.41) is 0.956. The van der Waals surface area contributed by atoms with Crippen molar-refractivity contribution in [3.63, 3.8) is 0 Å². The average Bonchev–Trinajstić information content (AvgIpc) is 2.94. The van der Waals surface area contributed by atoms with Gasteiger partial charge in [0.05, 0.1) is 0 Å². The molecule has 1 aromatic carbocycles. The predicted molar refractivity (Wildman–Crippen MR) is 73.1 cm³/mol. The Labute approximate surface area is 111 Å². The van der Waals surface area contributed by atoms with E-state index < -0.39 is 5.78 Å². The lowest BCUT2D eigenvalue weighted by atomic mass is 10.1. The van der Waals surface area contributed by atoms with Gasteiger partial charge in [0.25, 0.3) is 5.91 Å². The largest absolute Gasteiger partial charge is 0.361 e. The summed E-state index contributed by atoms with van der Waals surface area (Å²) in [5.41, 5.74) is 1.45. The number of H-pyrrole nitrogens is 1. The third kappa shape index (κ3) is 2.26. The number of likely N-dealkylation sites (tertiary alicyclic amines) is 1. The Kier molecular flexibility index (Phi) is 3.07. The van der Waals surface area contributed by atoms with Crippen LogP contribution in [-0.2, 0) is 4.79 Å². The number of hydrogen-bond donors (Lipinski definition) is 1. The number of nitrogens with zero attached hydrogens (tertiary/aromatic N) is 1. The number of fused-ring (bicyclic) bond motifs is 1. The molecule has 2 aromatic rings. The van der Waals surface area contributed by atoms with Crippen molar-refractivity contribution in [1.29, 1.82) is 0 Å². The number of nitrogens with one attached hydrogen (secondary N) is 1. The van der Waals surface area contributed by atoms with Crippen molar-refractivity contribution < 1.29 is 9.59 Å². The van der Waals surface area contributed by atoms with Crippen LogP contribution in [0.3, 0.4) is 0 Å². The molecule has 1 aliphatic rings. The van der Waals surface area contributed by atoms with Crippen molar-refractivity contribution in [3.05, 3.63) is 36.0 Å². The molecule has 0 radical (unpaired) electrons. The van der Waals surface area contributed by atoms with Gasteiger partial charge in [-0.3, -0.25) is 9.59 Å². The molecule has 1 amide bonds. The van der Waals surface area contributed by atoms with Gasteiger partial charge in [-0.2, -0.15) is 0 Å². The summed E-state index contributed by atoms with van der Waals surface area (Å²) in [5.74, 6) is -0.764. The molecule has 0 unspecified atom stereocenters. The summed E-state index contributed by atoms with van der Waals surface area (Å²) in [6.45, 7) is 1.41. The topological polar surface area (TPSA) is 53.2 Å². The molecule has 1 aliphatic heterocycles. The van der Waals surface area contributed by atoms with Crippen LogP contribution in [0.25, 0.3) is 10.9 Å². The molecule has 98 valence electrons. The zero-order valence-corrected chi connectivity index (χ0v) is 10.7. The maximum Gasteiger partial charge on any atom is 0.294 e. The Bertz CT molecular complexity index is 624. The smallest absolute Gasteiger partial charge is 0.294 e. The predicted octanol–water partition coefficient (Wildman–Crippen LogP) is 2.36. The zero-order chi connectivity index (χ0) is 13.2. The number of Topliss-reactive ketones (excluding diaryl/α,β-unsaturated/α-hetero) is 1. The number of ketones is 1. The van der Waals surface area contributed by atoms with Crippen LogP contribution < -0.4 is 0 Å². The SMILES string of the molecule is O=C(C(=O)N1CCCCC1)c1ccc2[nH]ccc2c1. The van der Waals surface area contributed by atoms with E-state index in [9.17, 15) is 9.59 Å². The second kappa shape index (κ2) is 4.88. The molecule has 1 saturated heterocycles. The highest BCUT2D eigenvalue weighted by Crippen LogP contribution is 2.16. The molecule has 0 atom stereocenters. The van der Waals surface area contributed by atoms with Gasteiger partial charge in [0.2, 0.25) is 5.78 Å². The molecular formula is C15H16N2O2. The number of piperidine rings is 1. The molecule has 19 heavy (non-hydrogen) atoms. The second-order valence-corrected chi connectivity index (χ2v) is 4.96. The highest BCUT2D eigenvalue weighted by atomic mass is 16.2. The first-order valence-electron chi connectivity index (χ1n) is 6.66. The molecule has 2 heterocycles. The third-order valence-electron chi connectivity index (χ3n) is 3.65. The molecule has 0 spiro atoms. The van der Waals surface area contributed by atoms with E-state index in [1.165, 1.54) is 0 Å². The Hall–Kier alpha value is -2.10. The Morgan fingerprint density at radius 3 is 2.63 bits per heavy atom. The van der Waals surface area contributed by atoms with Crippen LogP contribution in [0, 0.1) is 0 Å². The summed E-state index contributed by atoms with van der Waals surface area (Å²) in [4.78, 5) is 29.1. The normalized spacial score (nSPS) is 15.7. The van der Waals surface area contributed by atoms with E-state index in [0.29, 0.717) is 18.7 Å².